The minimum absolute atomic E-state index is 0.0651. The van der Waals surface area contributed by atoms with Crippen molar-refractivity contribution in [1.29, 1.82) is 0 Å². The van der Waals surface area contributed by atoms with E-state index < -0.39 is 4.92 Å². The summed E-state index contributed by atoms with van der Waals surface area (Å²) in [7, 11) is 0. The predicted octanol–water partition coefficient (Wildman–Crippen LogP) is 3.31. The quantitative estimate of drug-likeness (QED) is 0.647. The van der Waals surface area contributed by atoms with Crippen LogP contribution in [0.2, 0.25) is 0 Å². The van der Waals surface area contributed by atoms with Gasteiger partial charge in [0.1, 0.15) is 17.9 Å². The van der Waals surface area contributed by atoms with Crippen molar-refractivity contribution >= 4 is 11.5 Å². The Morgan fingerprint density at radius 3 is 2.81 bits per heavy atom. The van der Waals surface area contributed by atoms with Crippen LogP contribution in [-0.2, 0) is 0 Å². The molecule has 110 valence electrons. The lowest BCUT2D eigenvalue weighted by molar-refractivity contribution is -0.385. The zero-order valence-electron chi connectivity index (χ0n) is 11.9. The fourth-order valence-electron chi connectivity index (χ4n) is 1.76. The van der Waals surface area contributed by atoms with Crippen molar-refractivity contribution < 1.29 is 9.66 Å². The molecule has 7 nitrogen and oxygen atoms in total. The van der Waals surface area contributed by atoms with E-state index in [1.54, 1.807) is 25.1 Å². The van der Waals surface area contributed by atoms with E-state index in [2.05, 4.69) is 22.2 Å². The summed E-state index contributed by atoms with van der Waals surface area (Å²) in [5, 5.41) is 13.9. The summed E-state index contributed by atoms with van der Waals surface area (Å²) in [4.78, 5) is 18.5. The van der Waals surface area contributed by atoms with Gasteiger partial charge in [-0.1, -0.05) is 6.92 Å². The molecule has 2 rings (SSSR count). The topological polar surface area (TPSA) is 90.2 Å². The lowest BCUT2D eigenvalue weighted by Crippen LogP contribution is -2.02. The highest BCUT2D eigenvalue weighted by Gasteiger charge is 2.11. The average molecular weight is 288 g/mol. The molecule has 0 atom stereocenters. The summed E-state index contributed by atoms with van der Waals surface area (Å²) in [6, 6.07) is 6.26. The van der Waals surface area contributed by atoms with Crippen molar-refractivity contribution in [3.05, 3.63) is 46.3 Å². The lowest BCUT2D eigenvalue weighted by atomic mass is 10.2. The summed E-state index contributed by atoms with van der Waals surface area (Å²) in [6.07, 6.45) is 2.40. The molecular formula is C14H16N4O3. The fraction of sp³-hybridized carbons (Fsp3) is 0.286. The molecule has 0 saturated heterocycles. The molecular weight excluding hydrogens is 272 g/mol. The third kappa shape index (κ3) is 3.88. The SMILES string of the molecule is CCCNc1cc(Oc2ccc([N+](=O)[O-])c(C)c2)ncn1. The zero-order valence-corrected chi connectivity index (χ0v) is 11.9. The van der Waals surface area contributed by atoms with Gasteiger partial charge < -0.3 is 10.1 Å². The molecule has 7 heteroatoms. The number of nitrogens with one attached hydrogen (secondary N) is 1. The minimum atomic E-state index is -0.420. The highest BCUT2D eigenvalue weighted by Crippen LogP contribution is 2.26. The highest BCUT2D eigenvalue weighted by atomic mass is 16.6. The Balaban J connectivity index is 2.14. The standard InChI is InChI=1S/C14H16N4O3/c1-3-6-15-13-8-14(17-9-16-13)21-11-4-5-12(18(19)20)10(2)7-11/h4-5,7-9H,3,6H2,1-2H3,(H,15,16,17). The van der Waals surface area contributed by atoms with Gasteiger partial charge in [0.05, 0.1) is 4.92 Å². The number of nitro benzene ring substituents is 1. The van der Waals surface area contributed by atoms with Crippen LogP contribution >= 0.6 is 0 Å². The molecule has 0 spiro atoms. The molecule has 0 aliphatic carbocycles. The number of anilines is 1. The Labute approximate surface area is 122 Å². The van der Waals surface area contributed by atoms with Crippen molar-refractivity contribution in [1.82, 2.24) is 9.97 Å². The predicted molar refractivity (Wildman–Crippen MR) is 78.7 cm³/mol. The van der Waals surface area contributed by atoms with Gasteiger partial charge in [-0.3, -0.25) is 10.1 Å². The maximum atomic E-state index is 10.8. The van der Waals surface area contributed by atoms with Gasteiger partial charge in [0.15, 0.2) is 0 Å². The van der Waals surface area contributed by atoms with Crippen LogP contribution in [0, 0.1) is 17.0 Å². The summed E-state index contributed by atoms with van der Waals surface area (Å²) in [5.41, 5.74) is 0.603. The number of benzene rings is 1. The molecule has 2 aromatic rings. The largest absolute Gasteiger partial charge is 0.439 e. The van der Waals surface area contributed by atoms with Gasteiger partial charge in [-0.2, -0.15) is 0 Å². The van der Waals surface area contributed by atoms with Crippen LogP contribution in [-0.4, -0.2) is 21.4 Å². The molecule has 0 fully saturated rings. The van der Waals surface area contributed by atoms with Crippen LogP contribution in [0.15, 0.2) is 30.6 Å². The molecule has 0 aliphatic rings. The number of nitro groups is 1. The number of nitrogens with zero attached hydrogens (tertiary/aromatic N) is 3. The molecule has 1 N–H and O–H groups in total. The minimum Gasteiger partial charge on any atom is -0.439 e. The Kier molecular flexibility index (Phi) is 4.65. The Bertz CT molecular complexity index is 646. The van der Waals surface area contributed by atoms with Gasteiger partial charge in [0.2, 0.25) is 5.88 Å². The number of hydrogen-bond acceptors (Lipinski definition) is 6. The van der Waals surface area contributed by atoms with E-state index in [-0.39, 0.29) is 5.69 Å². The first-order valence-electron chi connectivity index (χ1n) is 6.59. The second-order valence-electron chi connectivity index (χ2n) is 4.48. The maximum absolute atomic E-state index is 10.8. The van der Waals surface area contributed by atoms with E-state index in [1.165, 1.54) is 12.4 Å². The van der Waals surface area contributed by atoms with E-state index in [0.717, 1.165) is 13.0 Å². The van der Waals surface area contributed by atoms with Crippen molar-refractivity contribution in [2.24, 2.45) is 0 Å². The van der Waals surface area contributed by atoms with Crippen LogP contribution in [0.3, 0.4) is 0 Å². The van der Waals surface area contributed by atoms with Gasteiger partial charge in [-0.25, -0.2) is 9.97 Å². The number of hydrogen-bond donors (Lipinski definition) is 1. The second kappa shape index (κ2) is 6.65. The van der Waals surface area contributed by atoms with Crippen molar-refractivity contribution in [3.8, 4) is 11.6 Å². The molecule has 0 radical (unpaired) electrons. The van der Waals surface area contributed by atoms with Gasteiger partial charge in [0, 0.05) is 24.2 Å². The van der Waals surface area contributed by atoms with E-state index in [9.17, 15) is 10.1 Å². The van der Waals surface area contributed by atoms with E-state index in [4.69, 9.17) is 4.74 Å². The van der Waals surface area contributed by atoms with Crippen LogP contribution in [0.4, 0.5) is 11.5 Å². The van der Waals surface area contributed by atoms with Crippen LogP contribution < -0.4 is 10.1 Å². The molecule has 1 aromatic carbocycles. The summed E-state index contributed by atoms with van der Waals surface area (Å²) >= 11 is 0. The van der Waals surface area contributed by atoms with Crippen molar-refractivity contribution in [3.63, 3.8) is 0 Å². The first kappa shape index (κ1) is 14.7. The molecule has 1 aromatic heterocycles. The fourth-order valence-corrected chi connectivity index (χ4v) is 1.76. The number of ether oxygens (including phenoxy) is 1. The van der Waals surface area contributed by atoms with Crippen molar-refractivity contribution in [2.75, 3.05) is 11.9 Å². The lowest BCUT2D eigenvalue weighted by Gasteiger charge is -2.08. The molecule has 0 bridgehead atoms. The maximum Gasteiger partial charge on any atom is 0.272 e. The third-order valence-electron chi connectivity index (χ3n) is 2.79. The molecule has 1 heterocycles. The van der Waals surface area contributed by atoms with Gasteiger partial charge in [-0.05, 0) is 25.5 Å². The molecule has 21 heavy (non-hydrogen) atoms. The third-order valence-corrected chi connectivity index (χ3v) is 2.79. The van der Waals surface area contributed by atoms with E-state index >= 15 is 0 Å². The second-order valence-corrected chi connectivity index (χ2v) is 4.48. The molecule has 0 aliphatic heterocycles. The van der Waals surface area contributed by atoms with Crippen LogP contribution in [0.1, 0.15) is 18.9 Å². The highest BCUT2D eigenvalue weighted by molar-refractivity contribution is 5.46. The van der Waals surface area contributed by atoms with E-state index in [1.807, 2.05) is 0 Å². The van der Waals surface area contributed by atoms with Gasteiger partial charge in [-0.15, -0.1) is 0 Å². The normalized spacial score (nSPS) is 10.2. The smallest absolute Gasteiger partial charge is 0.272 e. The van der Waals surface area contributed by atoms with Gasteiger partial charge in [0.25, 0.3) is 5.69 Å². The summed E-state index contributed by atoms with van der Waals surface area (Å²) in [5.74, 6) is 1.57. The van der Waals surface area contributed by atoms with Crippen LogP contribution in [0.25, 0.3) is 0 Å². The molecule has 0 amide bonds. The number of aromatic nitrogens is 2. The monoisotopic (exact) mass is 288 g/mol. The van der Waals surface area contributed by atoms with Crippen LogP contribution in [0.5, 0.6) is 11.6 Å². The first-order chi connectivity index (χ1) is 10.1. The summed E-state index contributed by atoms with van der Waals surface area (Å²) in [6.45, 7) is 4.54. The molecule has 0 saturated carbocycles. The first-order valence-corrected chi connectivity index (χ1v) is 6.59. The summed E-state index contributed by atoms with van der Waals surface area (Å²) < 4.78 is 5.60. The Morgan fingerprint density at radius 2 is 2.14 bits per heavy atom. The average Bonchev–Trinajstić information content (AvgIpc) is 2.45. The number of aryl methyl sites for hydroxylation is 1. The van der Waals surface area contributed by atoms with Gasteiger partial charge >= 0.3 is 0 Å². The molecule has 0 unspecified atom stereocenters. The van der Waals surface area contributed by atoms with E-state index in [0.29, 0.717) is 23.0 Å². The zero-order chi connectivity index (χ0) is 15.2. The Morgan fingerprint density at radius 1 is 1.33 bits per heavy atom. The van der Waals surface area contributed by atoms with Crippen molar-refractivity contribution in [2.45, 2.75) is 20.3 Å². The number of rotatable bonds is 6. The Hall–Kier alpha value is -2.70.